The lowest BCUT2D eigenvalue weighted by Crippen LogP contribution is -2.42. The minimum absolute atomic E-state index is 0.169. The van der Waals surface area contributed by atoms with Gasteiger partial charge in [0.25, 0.3) is 5.91 Å². The molecule has 0 spiro atoms. The van der Waals surface area contributed by atoms with Crippen LogP contribution in [0.3, 0.4) is 0 Å². The van der Waals surface area contributed by atoms with Crippen LogP contribution in [-0.2, 0) is 14.3 Å². The molecule has 23 heavy (non-hydrogen) atoms. The number of ether oxygens (including phenoxy) is 1. The van der Waals surface area contributed by atoms with E-state index in [1.54, 1.807) is 11.8 Å². The second-order valence-electron chi connectivity index (χ2n) is 6.01. The van der Waals surface area contributed by atoms with E-state index < -0.39 is 0 Å². The van der Waals surface area contributed by atoms with Crippen molar-refractivity contribution in [1.82, 2.24) is 5.32 Å². The van der Waals surface area contributed by atoms with Gasteiger partial charge in [-0.05, 0) is 30.9 Å². The van der Waals surface area contributed by atoms with Crippen LogP contribution in [0.1, 0.15) is 39.0 Å². The lowest BCUT2D eigenvalue weighted by Gasteiger charge is -2.29. The largest absolute Gasteiger partial charge is 0.456 e. The van der Waals surface area contributed by atoms with Gasteiger partial charge in [0.2, 0.25) is 0 Å². The zero-order valence-corrected chi connectivity index (χ0v) is 14.4. The fourth-order valence-corrected chi connectivity index (χ4v) is 3.62. The third kappa shape index (κ3) is 6.65. The number of hydrogen-bond donors (Lipinski definition) is 1. The van der Waals surface area contributed by atoms with Crippen LogP contribution in [0.15, 0.2) is 35.2 Å². The molecule has 1 fully saturated rings. The molecule has 1 amide bonds. The molecule has 5 heteroatoms. The first-order valence-electron chi connectivity index (χ1n) is 8.28. The quantitative estimate of drug-likeness (QED) is 0.613. The highest BCUT2D eigenvalue weighted by Crippen LogP contribution is 2.23. The van der Waals surface area contributed by atoms with Crippen LogP contribution >= 0.6 is 11.8 Å². The molecule has 0 unspecified atom stereocenters. The fourth-order valence-electron chi connectivity index (χ4n) is 2.77. The second-order valence-corrected chi connectivity index (χ2v) is 7.18. The van der Waals surface area contributed by atoms with Gasteiger partial charge in [-0.3, -0.25) is 9.59 Å². The van der Waals surface area contributed by atoms with Gasteiger partial charge in [0.1, 0.15) is 0 Å². The summed E-state index contributed by atoms with van der Waals surface area (Å²) in [6, 6.07) is 10.1. The molecule has 0 aliphatic heterocycles. The molecule has 1 aromatic rings. The molecule has 2 atom stereocenters. The van der Waals surface area contributed by atoms with E-state index in [0.29, 0.717) is 18.1 Å². The molecule has 1 N–H and O–H groups in total. The summed E-state index contributed by atoms with van der Waals surface area (Å²) in [5.74, 6) is 0.656. The zero-order chi connectivity index (χ0) is 16.5. The summed E-state index contributed by atoms with van der Waals surface area (Å²) in [5.41, 5.74) is 0. The van der Waals surface area contributed by atoms with E-state index in [9.17, 15) is 9.59 Å². The molecule has 1 aliphatic carbocycles. The van der Waals surface area contributed by atoms with Gasteiger partial charge >= 0.3 is 5.97 Å². The van der Waals surface area contributed by atoms with Gasteiger partial charge in [-0.15, -0.1) is 11.8 Å². The van der Waals surface area contributed by atoms with E-state index >= 15 is 0 Å². The second kappa shape index (κ2) is 9.60. The highest BCUT2D eigenvalue weighted by molar-refractivity contribution is 7.99. The van der Waals surface area contributed by atoms with Gasteiger partial charge in [-0.2, -0.15) is 0 Å². The molecular weight excluding hydrogens is 310 g/mol. The van der Waals surface area contributed by atoms with Gasteiger partial charge in [0.05, 0.1) is 6.42 Å². The number of carbonyl (C=O) groups is 2. The van der Waals surface area contributed by atoms with Crippen LogP contribution in [-0.4, -0.2) is 30.3 Å². The Balaban J connectivity index is 1.59. The van der Waals surface area contributed by atoms with Gasteiger partial charge in [0, 0.05) is 16.7 Å². The number of benzene rings is 1. The van der Waals surface area contributed by atoms with Crippen LogP contribution in [0, 0.1) is 5.92 Å². The minimum Gasteiger partial charge on any atom is -0.456 e. The van der Waals surface area contributed by atoms with Crippen molar-refractivity contribution in [3.05, 3.63) is 30.3 Å². The van der Waals surface area contributed by atoms with Crippen molar-refractivity contribution in [3.8, 4) is 0 Å². The Morgan fingerprint density at radius 2 is 1.96 bits per heavy atom. The summed E-state index contributed by atoms with van der Waals surface area (Å²) >= 11 is 1.61. The highest BCUT2D eigenvalue weighted by Gasteiger charge is 2.23. The third-order valence-electron chi connectivity index (χ3n) is 4.14. The van der Waals surface area contributed by atoms with Crippen molar-refractivity contribution >= 4 is 23.6 Å². The molecule has 126 valence electrons. The van der Waals surface area contributed by atoms with Gasteiger partial charge < -0.3 is 10.1 Å². The average molecular weight is 335 g/mol. The van der Waals surface area contributed by atoms with Crippen molar-refractivity contribution in [2.24, 2.45) is 5.92 Å². The van der Waals surface area contributed by atoms with Gasteiger partial charge in [-0.25, -0.2) is 0 Å². The van der Waals surface area contributed by atoms with E-state index in [1.807, 2.05) is 30.3 Å². The molecular formula is C18H25NO3S. The normalized spacial score (nSPS) is 20.7. The number of nitrogens with one attached hydrogen (secondary N) is 1. The number of hydrogen-bond acceptors (Lipinski definition) is 4. The van der Waals surface area contributed by atoms with E-state index in [2.05, 4.69) is 12.2 Å². The Hall–Kier alpha value is -1.49. The monoisotopic (exact) mass is 335 g/mol. The van der Waals surface area contributed by atoms with Crippen molar-refractivity contribution < 1.29 is 14.3 Å². The molecule has 1 aliphatic rings. The average Bonchev–Trinajstić information content (AvgIpc) is 2.56. The SMILES string of the molecule is C[C@H]1CCCC[C@@H]1NC(=O)COC(=O)CCSc1ccccc1. The fraction of sp³-hybridized carbons (Fsp3) is 0.556. The summed E-state index contributed by atoms with van der Waals surface area (Å²) in [5, 5.41) is 2.98. The van der Waals surface area contributed by atoms with Crippen LogP contribution in [0.2, 0.25) is 0 Å². The number of carbonyl (C=O) groups excluding carboxylic acids is 2. The molecule has 0 aromatic heterocycles. The predicted octanol–water partition coefficient (Wildman–Crippen LogP) is 3.41. The van der Waals surface area contributed by atoms with E-state index in [4.69, 9.17) is 4.74 Å². The molecule has 0 saturated heterocycles. The van der Waals surface area contributed by atoms with Crippen molar-refractivity contribution in [3.63, 3.8) is 0 Å². The Labute approximate surface area is 142 Å². The van der Waals surface area contributed by atoms with Crippen LogP contribution < -0.4 is 5.32 Å². The summed E-state index contributed by atoms with van der Waals surface area (Å²) in [6.07, 6.45) is 4.88. The molecule has 0 radical (unpaired) electrons. The third-order valence-corrected chi connectivity index (χ3v) is 5.15. The lowest BCUT2D eigenvalue weighted by atomic mass is 9.86. The lowest BCUT2D eigenvalue weighted by molar-refractivity contribution is -0.148. The van der Waals surface area contributed by atoms with Gasteiger partial charge in [-0.1, -0.05) is 38.0 Å². The van der Waals surface area contributed by atoms with Crippen molar-refractivity contribution in [2.45, 2.75) is 50.0 Å². The first-order chi connectivity index (χ1) is 11.1. The Morgan fingerprint density at radius 1 is 1.22 bits per heavy atom. The van der Waals surface area contributed by atoms with Crippen molar-refractivity contribution in [2.75, 3.05) is 12.4 Å². The number of rotatable bonds is 7. The Kier molecular flexibility index (Phi) is 7.46. The summed E-state index contributed by atoms with van der Waals surface area (Å²) < 4.78 is 5.05. The Morgan fingerprint density at radius 3 is 2.70 bits per heavy atom. The molecule has 0 bridgehead atoms. The first-order valence-corrected chi connectivity index (χ1v) is 9.26. The standard InChI is InChI=1S/C18H25NO3S/c1-14-7-5-6-10-16(14)19-17(20)13-22-18(21)11-12-23-15-8-3-2-4-9-15/h2-4,8-9,14,16H,5-7,10-13H2,1H3,(H,19,20)/t14-,16-/m0/s1. The number of esters is 1. The molecule has 4 nitrogen and oxygen atoms in total. The smallest absolute Gasteiger partial charge is 0.307 e. The maximum absolute atomic E-state index is 11.9. The minimum atomic E-state index is -0.319. The Bertz CT molecular complexity index is 506. The maximum Gasteiger partial charge on any atom is 0.307 e. The van der Waals surface area contributed by atoms with E-state index in [1.165, 1.54) is 6.42 Å². The summed E-state index contributed by atoms with van der Waals surface area (Å²) in [6.45, 7) is 2.00. The van der Waals surface area contributed by atoms with Crippen molar-refractivity contribution in [1.29, 1.82) is 0 Å². The molecule has 0 heterocycles. The van der Waals surface area contributed by atoms with Gasteiger partial charge in [0.15, 0.2) is 6.61 Å². The molecule has 1 aromatic carbocycles. The topological polar surface area (TPSA) is 55.4 Å². The summed E-state index contributed by atoms with van der Waals surface area (Å²) in [7, 11) is 0. The van der Waals surface area contributed by atoms with E-state index in [0.717, 1.165) is 24.2 Å². The number of thioether (sulfide) groups is 1. The maximum atomic E-state index is 11.9. The summed E-state index contributed by atoms with van der Waals surface area (Å²) in [4.78, 5) is 24.7. The van der Waals surface area contributed by atoms with Crippen LogP contribution in [0.5, 0.6) is 0 Å². The van der Waals surface area contributed by atoms with E-state index in [-0.39, 0.29) is 24.5 Å². The first kappa shape index (κ1) is 17.9. The van der Waals surface area contributed by atoms with Crippen LogP contribution in [0.4, 0.5) is 0 Å². The predicted molar refractivity (Wildman–Crippen MR) is 92.3 cm³/mol. The number of amides is 1. The zero-order valence-electron chi connectivity index (χ0n) is 13.6. The molecule has 1 saturated carbocycles. The molecule has 2 rings (SSSR count). The van der Waals surface area contributed by atoms with Crippen LogP contribution in [0.25, 0.3) is 0 Å². The highest BCUT2D eigenvalue weighted by atomic mass is 32.2.